The molecule has 2 aliphatic heterocycles. The van der Waals surface area contributed by atoms with Crippen molar-refractivity contribution in [3.8, 4) is 5.69 Å². The molecule has 2 fully saturated rings. The number of benzene rings is 2. The molecule has 1 unspecified atom stereocenters. The van der Waals surface area contributed by atoms with E-state index in [0.29, 0.717) is 6.07 Å². The van der Waals surface area contributed by atoms with Crippen LogP contribution in [0.1, 0.15) is 17.3 Å². The topological polar surface area (TPSA) is 153 Å². The maximum Gasteiger partial charge on any atom is 0.415 e. The fraction of sp³-hybridized carbons (Fsp3) is 0.297. The van der Waals surface area contributed by atoms with Crippen molar-refractivity contribution in [1.29, 1.82) is 0 Å². The van der Waals surface area contributed by atoms with Gasteiger partial charge in [0.2, 0.25) is 9.22 Å². The molecule has 0 spiro atoms. The number of rotatable bonds is 10. The number of cyclic esters (lactones) is 1. The summed E-state index contributed by atoms with van der Waals surface area (Å²) in [7, 11) is 0. The monoisotopic (exact) mass is 881 g/mol. The number of carbonyl (C=O) groups excluding carboxylic acids is 3. The third kappa shape index (κ3) is 8.81. The summed E-state index contributed by atoms with van der Waals surface area (Å²) in [6, 6.07) is 9.08. The van der Waals surface area contributed by atoms with E-state index in [4.69, 9.17) is 53.5 Å². The smallest absolute Gasteiger partial charge is 0.415 e. The molecule has 0 radical (unpaired) electrons. The first-order valence-electron chi connectivity index (χ1n) is 17.7. The van der Waals surface area contributed by atoms with Gasteiger partial charge in [-0.1, -0.05) is 40.0 Å². The van der Waals surface area contributed by atoms with Crippen molar-refractivity contribution in [3.05, 3.63) is 100 Å². The maximum absolute atomic E-state index is 15.8. The molecule has 5 heterocycles. The SMILES string of the molecule is CCOC(=O)c1cn(-c2ccc(F)cc2F)c2nc(N3CCN(c4ccc(N5CC(CN(C(=O)OCC(Cl)(Cl)Cl)c6ccon6)OC5=O)cc4F)CC3)c(F)cc2c1=O. The second-order valence-electron chi connectivity index (χ2n) is 13.1. The summed E-state index contributed by atoms with van der Waals surface area (Å²) >= 11 is 17.1. The number of fused-ring (bicyclic) bond motifs is 1. The fourth-order valence-corrected chi connectivity index (χ4v) is 6.75. The zero-order chi connectivity index (χ0) is 42.2. The number of nitrogens with zero attached hydrogens (tertiary/aromatic N) is 7. The second-order valence-corrected chi connectivity index (χ2v) is 15.6. The van der Waals surface area contributed by atoms with E-state index < -0.39 is 68.9 Å². The summed E-state index contributed by atoms with van der Waals surface area (Å²) < 4.78 is 79.9. The fourth-order valence-electron chi connectivity index (χ4n) is 6.59. The molecule has 0 N–H and O–H groups in total. The highest BCUT2D eigenvalue weighted by molar-refractivity contribution is 6.67. The predicted octanol–water partition coefficient (Wildman–Crippen LogP) is 6.77. The molecule has 2 aliphatic rings. The Kier molecular flexibility index (Phi) is 11.8. The lowest BCUT2D eigenvalue weighted by Gasteiger charge is -2.37. The summed E-state index contributed by atoms with van der Waals surface area (Å²) in [6.07, 6.45) is -0.451. The van der Waals surface area contributed by atoms with Crippen molar-refractivity contribution in [3.63, 3.8) is 0 Å². The Balaban J connectivity index is 1.07. The van der Waals surface area contributed by atoms with Crippen LogP contribution in [0.5, 0.6) is 0 Å². The number of amides is 2. The number of aromatic nitrogens is 3. The van der Waals surface area contributed by atoms with Crippen LogP contribution in [0.4, 0.5) is 50.2 Å². The number of alkyl halides is 3. The van der Waals surface area contributed by atoms with Crippen LogP contribution in [0.15, 0.2) is 70.3 Å². The van der Waals surface area contributed by atoms with E-state index in [1.165, 1.54) is 36.3 Å². The minimum atomic E-state index is -1.89. The van der Waals surface area contributed by atoms with Crippen LogP contribution in [-0.2, 0) is 14.2 Å². The van der Waals surface area contributed by atoms with E-state index >= 15 is 13.2 Å². The van der Waals surface area contributed by atoms with Crippen LogP contribution >= 0.6 is 34.8 Å². The van der Waals surface area contributed by atoms with Crippen molar-refractivity contribution in [1.82, 2.24) is 14.7 Å². The third-order valence-electron chi connectivity index (χ3n) is 9.28. The van der Waals surface area contributed by atoms with Crippen LogP contribution in [0.25, 0.3) is 16.7 Å². The van der Waals surface area contributed by atoms with Gasteiger partial charge in [0, 0.05) is 44.5 Å². The van der Waals surface area contributed by atoms with E-state index in [1.807, 2.05) is 0 Å². The van der Waals surface area contributed by atoms with Crippen molar-refractivity contribution in [2.24, 2.45) is 0 Å². The van der Waals surface area contributed by atoms with Gasteiger partial charge < -0.3 is 28.5 Å². The second kappa shape index (κ2) is 16.8. The number of pyridine rings is 2. The largest absolute Gasteiger partial charge is 0.462 e. The molecule has 2 saturated heterocycles. The summed E-state index contributed by atoms with van der Waals surface area (Å²) in [4.78, 5) is 61.6. The molecule has 0 saturated carbocycles. The number of halogens is 7. The highest BCUT2D eigenvalue weighted by atomic mass is 35.6. The summed E-state index contributed by atoms with van der Waals surface area (Å²) in [6.45, 7) is 1.15. The lowest BCUT2D eigenvalue weighted by molar-refractivity contribution is 0.0524. The van der Waals surface area contributed by atoms with E-state index in [1.54, 1.807) is 9.80 Å². The molecule has 15 nitrogen and oxygen atoms in total. The first kappa shape index (κ1) is 41.4. The third-order valence-corrected chi connectivity index (χ3v) is 9.61. The first-order chi connectivity index (χ1) is 28.1. The van der Waals surface area contributed by atoms with Gasteiger partial charge in [0.1, 0.15) is 42.0 Å². The highest BCUT2D eigenvalue weighted by Crippen LogP contribution is 2.32. The zero-order valence-electron chi connectivity index (χ0n) is 30.5. The molecule has 3 aromatic heterocycles. The number of ether oxygens (including phenoxy) is 3. The van der Waals surface area contributed by atoms with E-state index in [2.05, 4.69) is 10.1 Å². The van der Waals surface area contributed by atoms with Gasteiger partial charge in [-0.2, -0.15) is 0 Å². The van der Waals surface area contributed by atoms with E-state index in [0.717, 1.165) is 39.9 Å². The molecule has 7 rings (SSSR count). The van der Waals surface area contributed by atoms with Gasteiger partial charge in [0.25, 0.3) is 0 Å². The van der Waals surface area contributed by atoms with Crippen LogP contribution in [0.3, 0.4) is 0 Å². The predicted molar refractivity (Wildman–Crippen MR) is 207 cm³/mol. The molecule has 2 amide bonds. The maximum atomic E-state index is 15.8. The van der Waals surface area contributed by atoms with Crippen LogP contribution in [0.2, 0.25) is 0 Å². The van der Waals surface area contributed by atoms with Crippen LogP contribution in [-0.4, -0.2) is 95.2 Å². The molecular weight excluding hydrogens is 853 g/mol. The lowest BCUT2D eigenvalue weighted by Crippen LogP contribution is -2.47. The minimum Gasteiger partial charge on any atom is -0.462 e. The molecular formula is C37H30Cl3F4N7O8. The van der Waals surface area contributed by atoms with Gasteiger partial charge in [0.05, 0.1) is 42.1 Å². The Morgan fingerprint density at radius 2 is 1.63 bits per heavy atom. The van der Waals surface area contributed by atoms with Crippen LogP contribution in [0, 0.1) is 23.3 Å². The average molecular weight is 883 g/mol. The summed E-state index contributed by atoms with van der Waals surface area (Å²) in [5.41, 5.74) is -1.52. The van der Waals surface area contributed by atoms with E-state index in [-0.39, 0.29) is 85.6 Å². The van der Waals surface area contributed by atoms with Crippen molar-refractivity contribution in [2.75, 3.05) is 72.1 Å². The number of hydrogen-bond acceptors (Lipinski definition) is 12. The van der Waals surface area contributed by atoms with Gasteiger partial charge >= 0.3 is 18.2 Å². The standard InChI is InChI=1S/C37H30Cl3F4N7O8/c1-2-56-34(53)24-18-50(29-5-3-20(41)13-25(29)42)32-23(31(24)52)15-27(44)33(45-32)48-10-8-47(9-11-48)28-6-4-21(14-26(28)43)49-16-22(59-36(49)55)17-51(30-7-12-58-46-30)35(54)57-19-37(38,39)40/h3-7,12-15,18,22H,2,8-11,16-17,19H2,1H3. The van der Waals surface area contributed by atoms with Gasteiger partial charge in [-0.3, -0.25) is 19.2 Å². The van der Waals surface area contributed by atoms with Gasteiger partial charge in [-0.05, 0) is 43.3 Å². The molecule has 0 aliphatic carbocycles. The number of piperazine rings is 1. The molecule has 1 atom stereocenters. The van der Waals surface area contributed by atoms with Gasteiger partial charge in [-0.15, -0.1) is 0 Å². The van der Waals surface area contributed by atoms with Crippen LogP contribution < -0.4 is 25.0 Å². The molecule has 5 aromatic rings. The Labute approximate surface area is 346 Å². The number of esters is 1. The zero-order valence-corrected chi connectivity index (χ0v) is 32.8. The molecule has 310 valence electrons. The molecule has 0 bridgehead atoms. The minimum absolute atomic E-state index is 0.0358. The van der Waals surface area contributed by atoms with E-state index in [9.17, 15) is 23.6 Å². The summed E-state index contributed by atoms with van der Waals surface area (Å²) in [5, 5.41) is 3.38. The van der Waals surface area contributed by atoms with Gasteiger partial charge in [-0.25, -0.2) is 36.9 Å². The summed E-state index contributed by atoms with van der Waals surface area (Å²) in [5.74, 6) is -4.68. The van der Waals surface area contributed by atoms with Gasteiger partial charge in [0.15, 0.2) is 23.1 Å². The average Bonchev–Trinajstić information content (AvgIpc) is 3.86. The Hall–Kier alpha value is -5.79. The molecule has 2 aromatic carbocycles. The number of hydrogen-bond donors (Lipinski definition) is 0. The first-order valence-corrected chi connectivity index (χ1v) is 18.8. The number of carbonyl (C=O) groups is 3. The highest BCUT2D eigenvalue weighted by Gasteiger charge is 2.37. The number of anilines is 4. The van der Waals surface area contributed by atoms with Crippen molar-refractivity contribution in [2.45, 2.75) is 16.8 Å². The lowest BCUT2D eigenvalue weighted by atomic mass is 10.1. The molecule has 22 heteroatoms. The Morgan fingerprint density at radius 1 is 0.915 bits per heavy atom. The Morgan fingerprint density at radius 3 is 2.29 bits per heavy atom. The Bertz CT molecular complexity index is 2480. The molecule has 59 heavy (non-hydrogen) atoms. The quantitative estimate of drug-likeness (QED) is 0.0630. The van der Waals surface area contributed by atoms with Crippen molar-refractivity contribution < 1.29 is 50.7 Å². The normalized spacial score (nSPS) is 15.8. The van der Waals surface area contributed by atoms with Crippen molar-refractivity contribution >= 4 is 87.0 Å².